The summed E-state index contributed by atoms with van der Waals surface area (Å²) < 4.78 is 5.63. The van der Waals surface area contributed by atoms with Crippen molar-refractivity contribution < 1.29 is 4.74 Å². The highest BCUT2D eigenvalue weighted by Gasteiger charge is 2.45. The lowest BCUT2D eigenvalue weighted by atomic mass is 9.91. The minimum Gasteiger partial charge on any atom is -0.379 e. The number of halogens is 1. The molecule has 96 valence electrons. The number of hydrogen-bond acceptors (Lipinski definition) is 4. The van der Waals surface area contributed by atoms with Crippen LogP contribution in [0.25, 0.3) is 0 Å². The second-order valence-corrected chi connectivity index (χ2v) is 5.25. The van der Waals surface area contributed by atoms with E-state index in [-0.39, 0.29) is 5.54 Å². The summed E-state index contributed by atoms with van der Waals surface area (Å²) in [5, 5.41) is 0.697. The van der Waals surface area contributed by atoms with Crippen molar-refractivity contribution in [2.24, 2.45) is 10.7 Å². The van der Waals surface area contributed by atoms with Gasteiger partial charge >= 0.3 is 0 Å². The molecule has 5 heteroatoms. The van der Waals surface area contributed by atoms with Gasteiger partial charge in [0.1, 0.15) is 0 Å². The maximum absolute atomic E-state index is 6.28. The van der Waals surface area contributed by atoms with E-state index in [1.807, 2.05) is 24.3 Å². The van der Waals surface area contributed by atoms with Gasteiger partial charge < -0.3 is 15.4 Å². The van der Waals surface area contributed by atoms with Gasteiger partial charge in [0.2, 0.25) is 0 Å². The van der Waals surface area contributed by atoms with Crippen molar-refractivity contribution in [3.8, 4) is 0 Å². The summed E-state index contributed by atoms with van der Waals surface area (Å²) >= 11 is 6.28. The van der Waals surface area contributed by atoms with Gasteiger partial charge in [0.25, 0.3) is 0 Å². The maximum atomic E-state index is 6.28. The number of aliphatic imine (C=N–C) groups is 1. The number of nitrogens with zero attached hydrogens (tertiary/aromatic N) is 2. The van der Waals surface area contributed by atoms with Crippen LogP contribution < -0.4 is 10.6 Å². The molecule has 0 aromatic heterocycles. The minimum absolute atomic E-state index is 0.146. The second-order valence-electron chi connectivity index (χ2n) is 4.84. The van der Waals surface area contributed by atoms with E-state index in [1.54, 1.807) is 0 Å². The van der Waals surface area contributed by atoms with Crippen LogP contribution in [-0.4, -0.2) is 31.3 Å². The summed E-state index contributed by atoms with van der Waals surface area (Å²) in [6, 6.07) is 7.73. The zero-order valence-electron chi connectivity index (χ0n) is 10.1. The quantitative estimate of drug-likeness (QED) is 0.845. The SMILES string of the molecule is NC1=NCC2(CCCOC2)N1c1ccccc1Cl. The summed E-state index contributed by atoms with van der Waals surface area (Å²) in [5.41, 5.74) is 6.82. The van der Waals surface area contributed by atoms with Crippen LogP contribution in [0.1, 0.15) is 12.8 Å². The Morgan fingerprint density at radius 3 is 2.94 bits per heavy atom. The molecule has 2 N–H and O–H groups in total. The van der Waals surface area contributed by atoms with Crippen molar-refractivity contribution in [3.63, 3.8) is 0 Å². The third-order valence-corrected chi connectivity index (χ3v) is 3.95. The second kappa shape index (κ2) is 4.44. The van der Waals surface area contributed by atoms with Crippen molar-refractivity contribution in [2.75, 3.05) is 24.7 Å². The Labute approximate surface area is 111 Å². The van der Waals surface area contributed by atoms with E-state index < -0.39 is 0 Å². The van der Waals surface area contributed by atoms with Crippen LogP contribution in [-0.2, 0) is 4.74 Å². The lowest BCUT2D eigenvalue weighted by Gasteiger charge is -2.41. The molecule has 1 aromatic carbocycles. The fourth-order valence-electron chi connectivity index (χ4n) is 2.76. The van der Waals surface area contributed by atoms with Crippen molar-refractivity contribution in [1.29, 1.82) is 0 Å². The molecule has 0 amide bonds. The Kier molecular flexibility index (Phi) is 2.92. The molecule has 2 heterocycles. The smallest absolute Gasteiger partial charge is 0.196 e. The molecule has 1 atom stereocenters. The average molecular weight is 266 g/mol. The lowest BCUT2D eigenvalue weighted by molar-refractivity contribution is 0.0459. The summed E-state index contributed by atoms with van der Waals surface area (Å²) in [5.74, 6) is 0.536. The van der Waals surface area contributed by atoms with E-state index >= 15 is 0 Å². The van der Waals surface area contributed by atoms with Gasteiger partial charge in [-0.2, -0.15) is 0 Å². The van der Waals surface area contributed by atoms with E-state index in [0.717, 1.165) is 25.1 Å². The first-order chi connectivity index (χ1) is 8.73. The van der Waals surface area contributed by atoms with Crippen molar-refractivity contribution in [3.05, 3.63) is 29.3 Å². The highest BCUT2D eigenvalue weighted by atomic mass is 35.5. The monoisotopic (exact) mass is 265 g/mol. The van der Waals surface area contributed by atoms with Gasteiger partial charge in [-0.3, -0.25) is 4.99 Å². The Morgan fingerprint density at radius 2 is 2.22 bits per heavy atom. The molecular weight excluding hydrogens is 250 g/mol. The van der Waals surface area contributed by atoms with Crippen LogP contribution in [0, 0.1) is 0 Å². The molecule has 0 saturated carbocycles. The zero-order valence-corrected chi connectivity index (χ0v) is 10.9. The third kappa shape index (κ3) is 1.76. The predicted octanol–water partition coefficient (Wildman–Crippen LogP) is 2.02. The minimum atomic E-state index is -0.146. The van der Waals surface area contributed by atoms with Gasteiger partial charge in [0.05, 0.1) is 29.4 Å². The van der Waals surface area contributed by atoms with E-state index in [2.05, 4.69) is 9.89 Å². The van der Waals surface area contributed by atoms with Crippen molar-refractivity contribution in [1.82, 2.24) is 0 Å². The standard InChI is InChI=1S/C13H16ClN3O/c14-10-4-1-2-5-11(10)17-12(15)16-8-13(17)6-3-7-18-9-13/h1-2,4-5H,3,6-9H2,(H2,15,16). The van der Waals surface area contributed by atoms with Gasteiger partial charge in [-0.15, -0.1) is 0 Å². The van der Waals surface area contributed by atoms with Crippen LogP contribution in [0.4, 0.5) is 5.69 Å². The lowest BCUT2D eigenvalue weighted by Crippen LogP contribution is -2.56. The van der Waals surface area contributed by atoms with Gasteiger partial charge in [-0.25, -0.2) is 0 Å². The molecule has 1 saturated heterocycles. The fraction of sp³-hybridized carbons (Fsp3) is 0.462. The number of guanidine groups is 1. The Balaban J connectivity index is 2.01. The Morgan fingerprint density at radius 1 is 1.39 bits per heavy atom. The number of para-hydroxylation sites is 1. The fourth-order valence-corrected chi connectivity index (χ4v) is 2.98. The van der Waals surface area contributed by atoms with Crippen LogP contribution in [0.15, 0.2) is 29.3 Å². The summed E-state index contributed by atoms with van der Waals surface area (Å²) in [6.45, 7) is 2.16. The first kappa shape index (κ1) is 11.8. The van der Waals surface area contributed by atoms with Gasteiger partial charge in [0, 0.05) is 6.61 Å². The molecular formula is C13H16ClN3O. The highest BCUT2D eigenvalue weighted by molar-refractivity contribution is 6.34. The Hall–Kier alpha value is -1.26. The van der Waals surface area contributed by atoms with Gasteiger partial charge in [-0.05, 0) is 25.0 Å². The molecule has 4 nitrogen and oxygen atoms in total. The first-order valence-corrected chi connectivity index (χ1v) is 6.53. The van der Waals surface area contributed by atoms with E-state index in [1.165, 1.54) is 0 Å². The van der Waals surface area contributed by atoms with Crippen LogP contribution in [0.2, 0.25) is 5.02 Å². The average Bonchev–Trinajstić information content (AvgIpc) is 2.69. The Bertz CT molecular complexity index is 483. The normalized spacial score (nSPS) is 27.6. The van der Waals surface area contributed by atoms with Crippen LogP contribution in [0.3, 0.4) is 0 Å². The molecule has 2 aliphatic rings. The number of nitrogens with two attached hydrogens (primary N) is 1. The largest absolute Gasteiger partial charge is 0.379 e. The molecule has 3 rings (SSSR count). The first-order valence-electron chi connectivity index (χ1n) is 6.15. The topological polar surface area (TPSA) is 50.9 Å². The summed E-state index contributed by atoms with van der Waals surface area (Å²) in [6.07, 6.45) is 2.06. The molecule has 2 aliphatic heterocycles. The van der Waals surface area contributed by atoms with Crippen LogP contribution in [0.5, 0.6) is 0 Å². The van der Waals surface area contributed by atoms with Crippen LogP contribution >= 0.6 is 11.6 Å². The molecule has 1 spiro atoms. The molecule has 0 radical (unpaired) electrons. The predicted molar refractivity (Wildman–Crippen MR) is 73.2 cm³/mol. The van der Waals surface area contributed by atoms with Crippen molar-refractivity contribution in [2.45, 2.75) is 18.4 Å². The van der Waals surface area contributed by atoms with Gasteiger partial charge in [0.15, 0.2) is 5.96 Å². The maximum Gasteiger partial charge on any atom is 0.196 e. The van der Waals surface area contributed by atoms with Crippen molar-refractivity contribution >= 4 is 23.2 Å². The highest BCUT2D eigenvalue weighted by Crippen LogP contribution is 2.37. The number of rotatable bonds is 1. The molecule has 1 unspecified atom stereocenters. The number of anilines is 1. The molecule has 18 heavy (non-hydrogen) atoms. The number of ether oxygens (including phenoxy) is 1. The van der Waals surface area contributed by atoms with Gasteiger partial charge in [-0.1, -0.05) is 23.7 Å². The summed E-state index contributed by atoms with van der Waals surface area (Å²) in [4.78, 5) is 6.44. The number of benzene rings is 1. The zero-order chi connectivity index (χ0) is 12.6. The molecule has 1 aromatic rings. The van der Waals surface area contributed by atoms with E-state index in [0.29, 0.717) is 24.1 Å². The molecule has 0 bridgehead atoms. The molecule has 1 fully saturated rings. The molecule has 0 aliphatic carbocycles. The van der Waals surface area contributed by atoms with E-state index in [9.17, 15) is 0 Å². The third-order valence-electron chi connectivity index (χ3n) is 3.63. The number of hydrogen-bond donors (Lipinski definition) is 1. The van der Waals surface area contributed by atoms with E-state index in [4.69, 9.17) is 22.1 Å². The summed E-state index contributed by atoms with van der Waals surface area (Å²) in [7, 11) is 0.